The predicted molar refractivity (Wildman–Crippen MR) is 369 cm³/mol. The molecule has 1 spiro atoms. The van der Waals surface area contributed by atoms with Gasteiger partial charge in [0, 0.05) is 74.7 Å². The van der Waals surface area contributed by atoms with Gasteiger partial charge >= 0.3 is 6.18 Å². The van der Waals surface area contributed by atoms with Gasteiger partial charge in [-0.25, -0.2) is 0 Å². The molecule has 8 rings (SSSR count). The highest BCUT2D eigenvalue weighted by Gasteiger charge is 2.52. The molecular formula is C73H112F3N13O12. The third kappa shape index (κ3) is 18.7. The van der Waals surface area contributed by atoms with E-state index in [1.165, 1.54) is 89.6 Å². The number of nitrogens with one attached hydrogen (secondary N) is 3. The van der Waals surface area contributed by atoms with Crippen LogP contribution in [0.2, 0.25) is 0 Å². The van der Waals surface area contributed by atoms with Crippen LogP contribution in [0.15, 0.2) is 18.3 Å². The van der Waals surface area contributed by atoms with Crippen molar-refractivity contribution in [3.63, 3.8) is 0 Å². The van der Waals surface area contributed by atoms with Gasteiger partial charge in [0.1, 0.15) is 65.6 Å². The first kappa shape index (κ1) is 79.3. The van der Waals surface area contributed by atoms with Crippen molar-refractivity contribution < 1.29 is 70.7 Å². The molecule has 28 heteroatoms. The van der Waals surface area contributed by atoms with Gasteiger partial charge in [-0.05, 0) is 132 Å². The Kier molecular flexibility index (Phi) is 27.2. The van der Waals surface area contributed by atoms with E-state index in [1.807, 2.05) is 20.8 Å². The number of rotatable bonds is 11. The molecule has 1 aromatic rings. The molecule has 7 aliphatic rings. The number of carbonyl (C=O) groups is 12. The zero-order valence-corrected chi connectivity index (χ0v) is 61.5. The minimum absolute atomic E-state index is 0.0302. The van der Waals surface area contributed by atoms with E-state index in [1.54, 1.807) is 11.8 Å². The van der Waals surface area contributed by atoms with Gasteiger partial charge in [-0.2, -0.15) is 13.2 Å². The molecule has 101 heavy (non-hydrogen) atoms. The second-order valence-electron chi connectivity index (χ2n) is 30.5. The largest absolute Gasteiger partial charge is 0.433 e. The van der Waals surface area contributed by atoms with Crippen LogP contribution in [0.25, 0.3) is 0 Å². The van der Waals surface area contributed by atoms with Gasteiger partial charge in [0.25, 0.3) is 0 Å². The number of amides is 12. The number of hydrogen-bond donors (Lipinski definition) is 3. The van der Waals surface area contributed by atoms with E-state index >= 15 is 28.8 Å². The lowest BCUT2D eigenvalue weighted by Crippen LogP contribution is -2.65. The molecule has 12 amide bonds. The van der Waals surface area contributed by atoms with Gasteiger partial charge in [-0.1, -0.05) is 98.0 Å². The van der Waals surface area contributed by atoms with E-state index in [4.69, 9.17) is 0 Å². The number of carbonyl (C=O) groups excluding carboxylic acids is 12. The van der Waals surface area contributed by atoms with Gasteiger partial charge in [-0.3, -0.25) is 62.5 Å². The lowest BCUT2D eigenvalue weighted by molar-refractivity contribution is -0.160. The molecule has 0 radical (unpaired) electrons. The Bertz CT molecular complexity index is 3150. The summed E-state index contributed by atoms with van der Waals surface area (Å²) in [5.74, 6) is -8.36. The standard InChI is InChI=1S/C73H112F3N13O12/c1-12-46(4)60-69(99)82(7)47(5)64(94)89-39-33-53(89)67(97)84(9)55(41-48-24-15-13-16-25-48)66(96)81(6)44-58(90)78-51(31-29-49-30-32-57(77-43-49)73(74,75)76)65(95)88-38-23-28-52(88)63(93)80-72(34-19-20-35-72)71(101)86(11)61(50-26-17-18-27-50)70(100)85(10)56(68(98)87-36-21-14-22-37-87)42-59(91)83(8)54(40-45(2)3)62(92)79-60/h30,32,43,45-48,50-56,60-61H,12-29,31,33-42,44H2,1-11H3,(H,78,90)(H,79,92)(H,80,93)/t46-,47-,51-,52-,53-,54-,55-,56-,60-,61-/m0/s1. The zero-order chi connectivity index (χ0) is 73.9. The Morgan fingerprint density at radius 3 is 1.85 bits per heavy atom. The van der Waals surface area contributed by atoms with E-state index in [9.17, 15) is 41.9 Å². The summed E-state index contributed by atoms with van der Waals surface area (Å²) in [6, 6.07) is -8.76. The summed E-state index contributed by atoms with van der Waals surface area (Å²) in [5, 5.41) is 8.83. The van der Waals surface area contributed by atoms with Crippen molar-refractivity contribution in [1.82, 2.24) is 65.0 Å². The summed E-state index contributed by atoms with van der Waals surface area (Å²) >= 11 is 0. The van der Waals surface area contributed by atoms with Gasteiger partial charge in [-0.15, -0.1) is 0 Å². The fourth-order valence-electron chi connectivity index (χ4n) is 16.4. The topological polar surface area (TPSA) is 283 Å². The Morgan fingerprint density at radius 2 is 1.26 bits per heavy atom. The van der Waals surface area contributed by atoms with Crippen molar-refractivity contribution in [1.29, 1.82) is 0 Å². The zero-order valence-electron chi connectivity index (χ0n) is 61.5. The highest BCUT2D eigenvalue weighted by atomic mass is 19.4. The van der Waals surface area contributed by atoms with Crippen LogP contribution in [0, 0.1) is 23.7 Å². The van der Waals surface area contributed by atoms with Crippen LogP contribution in [0.3, 0.4) is 0 Å². The summed E-state index contributed by atoms with van der Waals surface area (Å²) in [6.07, 6.45) is 7.75. The number of fused-ring (bicyclic) bond motifs is 2. The van der Waals surface area contributed by atoms with Crippen LogP contribution in [0.5, 0.6) is 0 Å². The molecular weight excluding hydrogens is 1310 g/mol. The number of aromatic nitrogens is 1. The van der Waals surface area contributed by atoms with E-state index in [2.05, 4.69) is 20.9 Å². The maximum absolute atomic E-state index is 15.7. The number of aryl methyl sites for hydroxylation is 1. The molecule has 7 fully saturated rings. The molecule has 562 valence electrons. The second kappa shape index (κ2) is 34.7. The number of pyridine rings is 1. The predicted octanol–water partition coefficient (Wildman–Crippen LogP) is 5.31. The molecule has 3 aliphatic carbocycles. The smallest absolute Gasteiger partial charge is 0.343 e. The Balaban J connectivity index is 1.17. The molecule has 4 saturated heterocycles. The maximum Gasteiger partial charge on any atom is 0.433 e. The fourth-order valence-corrected chi connectivity index (χ4v) is 16.4. The number of likely N-dealkylation sites (N-methyl/N-ethyl adjacent to an activating group) is 6. The van der Waals surface area contributed by atoms with E-state index < -0.39 is 162 Å². The molecule has 4 aliphatic heterocycles. The first-order valence-corrected chi connectivity index (χ1v) is 37.2. The summed E-state index contributed by atoms with van der Waals surface area (Å²) in [5.41, 5.74) is -2.38. The Morgan fingerprint density at radius 1 is 0.624 bits per heavy atom. The number of piperidine rings is 1. The van der Waals surface area contributed by atoms with E-state index in [0.29, 0.717) is 70.0 Å². The molecule has 10 atom stereocenters. The third-order valence-corrected chi connectivity index (χ3v) is 23.2. The van der Waals surface area contributed by atoms with Crippen molar-refractivity contribution in [2.75, 3.05) is 75.0 Å². The maximum atomic E-state index is 15.7. The summed E-state index contributed by atoms with van der Waals surface area (Å²) in [4.78, 5) is 197. The second-order valence-corrected chi connectivity index (χ2v) is 30.5. The average molecular weight is 1420 g/mol. The van der Waals surface area contributed by atoms with Gasteiger partial charge in [0.05, 0.1) is 13.0 Å². The number of alkyl halides is 3. The Hall–Kier alpha value is -7.42. The summed E-state index contributed by atoms with van der Waals surface area (Å²) in [6.45, 7) is 9.29. The number of halogens is 3. The number of nitrogens with zero attached hydrogens (tertiary/aromatic N) is 10. The molecule has 1 aromatic heterocycles. The highest BCUT2D eigenvalue weighted by molar-refractivity contribution is 6.01. The van der Waals surface area contributed by atoms with Crippen molar-refractivity contribution in [3.8, 4) is 0 Å². The molecule has 5 heterocycles. The number of hydrogen-bond acceptors (Lipinski definition) is 13. The van der Waals surface area contributed by atoms with Crippen LogP contribution >= 0.6 is 0 Å². The lowest BCUT2D eigenvalue weighted by Gasteiger charge is -2.45. The van der Waals surface area contributed by atoms with Crippen LogP contribution in [-0.4, -0.2) is 255 Å². The van der Waals surface area contributed by atoms with Crippen LogP contribution in [-0.2, 0) is 70.1 Å². The van der Waals surface area contributed by atoms with Crippen molar-refractivity contribution in [3.05, 3.63) is 29.6 Å². The van der Waals surface area contributed by atoms with Gasteiger partial charge in [0.2, 0.25) is 70.9 Å². The first-order chi connectivity index (χ1) is 47.8. The SMILES string of the molecule is CC[C@H](C)[C@@H]1NC(=O)[C@H](CC(C)C)N(C)C(=O)C[C@@H](C(=O)N2CCCCC2)N(C)C(=O)[C@H](C2CCCC2)N(C)C(=O)C2(CCCC2)NC(=O)[C@@H]2CCCN2C(=O)[C@H](CCc2ccc(C(F)(F)F)nc2)NC(=O)CN(C)C(=O)[C@H](CC2CCCCC2)N(C)C(=O)[C@@H]2CCN2C(=O)[C@H](C)N(C)C1=O. The lowest BCUT2D eigenvalue weighted by atomic mass is 9.84. The van der Waals surface area contributed by atoms with Crippen molar-refractivity contribution >= 4 is 70.9 Å². The van der Waals surface area contributed by atoms with Crippen LogP contribution < -0.4 is 16.0 Å². The number of likely N-dealkylation sites (tertiary alicyclic amines) is 1. The molecule has 0 aromatic carbocycles. The van der Waals surface area contributed by atoms with Crippen molar-refractivity contribution in [2.24, 2.45) is 23.7 Å². The highest BCUT2D eigenvalue weighted by Crippen LogP contribution is 2.38. The molecule has 3 N–H and O–H groups in total. The molecule has 0 bridgehead atoms. The molecule has 0 unspecified atom stereocenters. The van der Waals surface area contributed by atoms with Gasteiger partial charge < -0.3 is 60.0 Å². The van der Waals surface area contributed by atoms with Crippen molar-refractivity contribution in [2.45, 2.75) is 261 Å². The Labute approximate surface area is 593 Å². The normalized spacial score (nSPS) is 28.6. The minimum atomic E-state index is -4.73. The quantitative estimate of drug-likeness (QED) is 0.254. The fraction of sp³-hybridized carbons (Fsp3) is 0.767. The van der Waals surface area contributed by atoms with E-state index in [-0.39, 0.29) is 82.2 Å². The minimum Gasteiger partial charge on any atom is -0.343 e. The first-order valence-electron chi connectivity index (χ1n) is 37.2. The van der Waals surface area contributed by atoms with Crippen LogP contribution in [0.4, 0.5) is 13.2 Å². The molecule has 3 saturated carbocycles. The average Bonchev–Trinajstić information content (AvgIpc) is 1.75. The summed E-state index contributed by atoms with van der Waals surface area (Å²) < 4.78 is 41.0. The third-order valence-electron chi connectivity index (χ3n) is 23.2. The summed E-state index contributed by atoms with van der Waals surface area (Å²) in [7, 11) is 8.77. The van der Waals surface area contributed by atoms with Crippen LogP contribution in [0.1, 0.15) is 200 Å². The van der Waals surface area contributed by atoms with E-state index in [0.717, 1.165) is 68.5 Å². The monoisotopic (exact) mass is 1420 g/mol. The van der Waals surface area contributed by atoms with Gasteiger partial charge in [0.15, 0.2) is 0 Å². The molecule has 25 nitrogen and oxygen atoms in total.